The van der Waals surface area contributed by atoms with E-state index < -0.39 is 6.10 Å². The van der Waals surface area contributed by atoms with Crippen LogP contribution in [0.2, 0.25) is 0 Å². The fourth-order valence-electron chi connectivity index (χ4n) is 1.18. The van der Waals surface area contributed by atoms with Crippen LogP contribution >= 0.6 is 0 Å². The second kappa shape index (κ2) is 6.95. The number of azide groups is 1. The zero-order valence-corrected chi connectivity index (χ0v) is 7.77. The zero-order valence-electron chi connectivity index (χ0n) is 7.77. The van der Waals surface area contributed by atoms with Gasteiger partial charge < -0.3 is 5.11 Å². The third-order valence-electron chi connectivity index (χ3n) is 1.81. The lowest BCUT2D eigenvalue weighted by molar-refractivity contribution is 0.130. The van der Waals surface area contributed by atoms with Crippen LogP contribution in [0.25, 0.3) is 10.4 Å². The summed E-state index contributed by atoms with van der Waals surface area (Å²) in [5, 5.41) is 13.1. The van der Waals surface area contributed by atoms with E-state index in [2.05, 4.69) is 10.0 Å². The summed E-state index contributed by atoms with van der Waals surface area (Å²) in [6.45, 7) is 4.01. The molecule has 0 aromatic heterocycles. The van der Waals surface area contributed by atoms with Crippen LogP contribution in [0, 0.1) is 0 Å². The van der Waals surface area contributed by atoms with Gasteiger partial charge in [-0.25, -0.2) is 0 Å². The van der Waals surface area contributed by atoms with Gasteiger partial charge in [0, 0.05) is 4.91 Å². The Hall–Kier alpha value is -0.730. The molecule has 2 atom stereocenters. The van der Waals surface area contributed by atoms with Crippen molar-refractivity contribution in [2.24, 2.45) is 5.11 Å². The van der Waals surface area contributed by atoms with Crippen molar-refractivity contribution in [1.29, 1.82) is 0 Å². The normalized spacial score (nSPS) is 14.9. The third kappa shape index (κ3) is 4.21. The van der Waals surface area contributed by atoms with E-state index in [9.17, 15) is 5.11 Å². The fourth-order valence-corrected chi connectivity index (χ4v) is 1.18. The van der Waals surface area contributed by atoms with Gasteiger partial charge >= 0.3 is 0 Å². The Morgan fingerprint density at radius 1 is 1.33 bits per heavy atom. The molecule has 0 aliphatic heterocycles. The third-order valence-corrected chi connectivity index (χ3v) is 1.81. The lowest BCUT2D eigenvalue weighted by Gasteiger charge is -2.16. The van der Waals surface area contributed by atoms with E-state index in [-0.39, 0.29) is 6.04 Å². The molecule has 0 saturated carbocycles. The summed E-state index contributed by atoms with van der Waals surface area (Å²) in [6.07, 6.45) is 2.87. The van der Waals surface area contributed by atoms with Crippen LogP contribution < -0.4 is 0 Å². The molecule has 0 fully saturated rings. The van der Waals surface area contributed by atoms with Crippen molar-refractivity contribution >= 4 is 0 Å². The van der Waals surface area contributed by atoms with Gasteiger partial charge in [0.05, 0.1) is 12.1 Å². The van der Waals surface area contributed by atoms with Gasteiger partial charge in [-0.2, -0.15) is 0 Å². The zero-order chi connectivity index (χ0) is 9.40. The lowest BCUT2D eigenvalue weighted by atomic mass is 10.0. The summed E-state index contributed by atoms with van der Waals surface area (Å²) in [4.78, 5) is 2.72. The average Bonchev–Trinajstić information content (AvgIpc) is 2.04. The molecule has 1 N–H and O–H groups in total. The summed E-state index contributed by atoms with van der Waals surface area (Å²) in [6, 6.07) is -0.236. The fraction of sp³-hybridized carbons (Fsp3) is 1.00. The van der Waals surface area contributed by atoms with Crippen LogP contribution in [0.3, 0.4) is 0 Å². The van der Waals surface area contributed by atoms with Crippen LogP contribution in [-0.4, -0.2) is 17.3 Å². The molecule has 0 aromatic rings. The molecule has 0 spiro atoms. The highest BCUT2D eigenvalue weighted by Gasteiger charge is 2.15. The molecule has 12 heavy (non-hydrogen) atoms. The molecule has 0 aliphatic rings. The van der Waals surface area contributed by atoms with E-state index >= 15 is 0 Å². The maximum Gasteiger partial charge on any atom is 0.0633 e. The summed E-state index contributed by atoms with van der Waals surface area (Å²) >= 11 is 0. The number of hydrogen-bond acceptors (Lipinski definition) is 2. The molecule has 0 rings (SSSR count). The topological polar surface area (TPSA) is 69.0 Å². The van der Waals surface area contributed by atoms with Crippen LogP contribution in [0.5, 0.6) is 0 Å². The Kier molecular flexibility index (Phi) is 6.53. The van der Waals surface area contributed by atoms with Crippen molar-refractivity contribution in [2.45, 2.75) is 51.7 Å². The highest BCUT2D eigenvalue weighted by molar-refractivity contribution is 4.75. The maximum absolute atomic E-state index is 9.51. The van der Waals surface area contributed by atoms with Crippen molar-refractivity contribution in [3.63, 3.8) is 0 Å². The maximum atomic E-state index is 9.51. The van der Waals surface area contributed by atoms with Crippen molar-refractivity contribution in [3.05, 3.63) is 10.4 Å². The van der Waals surface area contributed by atoms with Crippen LogP contribution in [0.4, 0.5) is 0 Å². The summed E-state index contributed by atoms with van der Waals surface area (Å²) in [7, 11) is 0. The quantitative estimate of drug-likeness (QED) is 0.372. The van der Waals surface area contributed by atoms with E-state index in [0.29, 0.717) is 6.42 Å². The highest BCUT2D eigenvalue weighted by Crippen LogP contribution is 2.11. The summed E-state index contributed by atoms with van der Waals surface area (Å²) in [5.74, 6) is 0. The van der Waals surface area contributed by atoms with Gasteiger partial charge in [0.1, 0.15) is 0 Å². The molecule has 4 heteroatoms. The molecule has 0 aliphatic carbocycles. The first kappa shape index (κ1) is 11.3. The Morgan fingerprint density at radius 3 is 2.33 bits per heavy atom. The van der Waals surface area contributed by atoms with Crippen LogP contribution in [0.1, 0.15) is 39.5 Å². The Morgan fingerprint density at radius 2 is 1.92 bits per heavy atom. The van der Waals surface area contributed by atoms with Gasteiger partial charge in [0.15, 0.2) is 0 Å². The highest BCUT2D eigenvalue weighted by atomic mass is 16.3. The molecule has 0 bridgehead atoms. The first-order chi connectivity index (χ1) is 5.76. The van der Waals surface area contributed by atoms with Gasteiger partial charge in [0.25, 0.3) is 0 Å². The van der Waals surface area contributed by atoms with Gasteiger partial charge in [0.2, 0.25) is 0 Å². The standard InChI is InChI=1S/C8H17N3O/c1-3-5-7(10-11-9)8(12)6-4-2/h7-8,12H,3-6H2,1-2H3/t7-,8+/m0/s1. The first-order valence-corrected chi connectivity index (χ1v) is 4.48. The van der Waals surface area contributed by atoms with Crippen LogP contribution in [0.15, 0.2) is 5.11 Å². The molecule has 4 nitrogen and oxygen atoms in total. The molecule has 0 saturated heterocycles. The van der Waals surface area contributed by atoms with Crippen molar-refractivity contribution in [1.82, 2.24) is 0 Å². The van der Waals surface area contributed by atoms with Crippen LogP contribution in [-0.2, 0) is 0 Å². The molecule has 0 amide bonds. The Bertz CT molecular complexity index is 154. The first-order valence-electron chi connectivity index (χ1n) is 4.48. The molecule has 0 aromatic carbocycles. The van der Waals surface area contributed by atoms with E-state index in [1.54, 1.807) is 0 Å². The largest absolute Gasteiger partial charge is 0.393 e. The van der Waals surface area contributed by atoms with E-state index in [1.165, 1.54) is 0 Å². The number of hydrogen-bond donors (Lipinski definition) is 1. The minimum atomic E-state index is -0.467. The smallest absolute Gasteiger partial charge is 0.0633 e. The van der Waals surface area contributed by atoms with Crippen molar-refractivity contribution < 1.29 is 5.11 Å². The number of aliphatic hydroxyl groups is 1. The van der Waals surface area contributed by atoms with E-state index in [1.807, 2.05) is 13.8 Å². The minimum Gasteiger partial charge on any atom is -0.393 e. The summed E-state index contributed by atoms with van der Waals surface area (Å²) < 4.78 is 0. The van der Waals surface area contributed by atoms with E-state index in [0.717, 1.165) is 19.3 Å². The molecule has 70 valence electrons. The number of rotatable bonds is 6. The van der Waals surface area contributed by atoms with Gasteiger partial charge in [-0.1, -0.05) is 31.8 Å². The Balaban J connectivity index is 3.98. The number of nitrogens with zero attached hydrogens (tertiary/aromatic N) is 3. The minimum absolute atomic E-state index is 0.236. The molecular formula is C8H17N3O. The second-order valence-electron chi connectivity index (χ2n) is 2.92. The monoisotopic (exact) mass is 171 g/mol. The number of aliphatic hydroxyl groups excluding tert-OH is 1. The van der Waals surface area contributed by atoms with Crippen molar-refractivity contribution in [2.75, 3.05) is 0 Å². The molecule has 0 unspecified atom stereocenters. The van der Waals surface area contributed by atoms with E-state index in [4.69, 9.17) is 5.53 Å². The predicted octanol–water partition coefficient (Wildman–Crippen LogP) is 2.63. The van der Waals surface area contributed by atoms with Gasteiger partial charge in [-0.05, 0) is 18.4 Å². The Labute approximate surface area is 73.2 Å². The lowest BCUT2D eigenvalue weighted by Crippen LogP contribution is -2.23. The van der Waals surface area contributed by atoms with Gasteiger partial charge in [-0.3, -0.25) is 0 Å². The molecular weight excluding hydrogens is 154 g/mol. The average molecular weight is 171 g/mol. The van der Waals surface area contributed by atoms with Gasteiger partial charge in [-0.15, -0.1) is 0 Å². The second-order valence-corrected chi connectivity index (χ2v) is 2.92. The molecule has 0 radical (unpaired) electrons. The molecule has 0 heterocycles. The van der Waals surface area contributed by atoms with Crippen molar-refractivity contribution in [3.8, 4) is 0 Å². The summed E-state index contributed by atoms with van der Waals surface area (Å²) in [5.41, 5.74) is 8.23. The predicted molar refractivity (Wildman–Crippen MR) is 48.8 cm³/mol. The SMILES string of the molecule is CCC[C@@H](O)[C@H](CCC)N=[N+]=[N-].